The number of nitrogens with one attached hydrogen (secondary N) is 2. The molecule has 0 aliphatic carbocycles. The molecule has 25 heavy (non-hydrogen) atoms. The molecule has 0 aliphatic heterocycles. The van der Waals surface area contributed by atoms with Crippen molar-refractivity contribution in [2.24, 2.45) is 0 Å². The second kappa shape index (κ2) is 7.53. The lowest BCUT2D eigenvalue weighted by Gasteiger charge is -2.13. The van der Waals surface area contributed by atoms with Crippen molar-refractivity contribution in [3.8, 4) is 11.5 Å². The van der Waals surface area contributed by atoms with Gasteiger partial charge in [-0.15, -0.1) is 0 Å². The molecule has 0 fully saturated rings. The molecule has 0 bridgehead atoms. The molecule has 0 saturated carbocycles. The number of hydrogen-bond acceptors (Lipinski definition) is 6. The van der Waals surface area contributed by atoms with E-state index < -0.39 is 0 Å². The Balaban J connectivity index is 1.88. The number of aromatic nitrogens is 2. The highest BCUT2D eigenvalue weighted by Crippen LogP contribution is 2.29. The highest BCUT2D eigenvalue weighted by atomic mass is 16.5. The van der Waals surface area contributed by atoms with Gasteiger partial charge in [-0.1, -0.05) is 24.3 Å². The molecule has 6 heteroatoms. The fourth-order valence-corrected chi connectivity index (χ4v) is 2.47. The van der Waals surface area contributed by atoms with Crippen molar-refractivity contribution in [1.82, 2.24) is 9.97 Å². The van der Waals surface area contributed by atoms with Gasteiger partial charge in [-0.05, 0) is 31.2 Å². The second-order valence-electron chi connectivity index (χ2n) is 5.34. The molecule has 0 radical (unpaired) electrons. The first-order chi connectivity index (χ1) is 12.2. The van der Waals surface area contributed by atoms with Gasteiger partial charge in [0.15, 0.2) is 0 Å². The molecular weight excluding hydrogens is 316 g/mol. The number of methoxy groups -OCH3 is 2. The molecule has 0 saturated heterocycles. The summed E-state index contributed by atoms with van der Waals surface area (Å²) >= 11 is 0. The van der Waals surface area contributed by atoms with Crippen LogP contribution in [0.4, 0.5) is 23.0 Å². The standard InChI is InChI=1S/C19H20N4O2/c1-13-20-18(22-14-8-4-6-10-16(14)24-2)12-19(21-13)23-15-9-5-7-11-17(15)25-3/h4-12H,1-3H3,(H2,20,21,22,23). The summed E-state index contributed by atoms with van der Waals surface area (Å²) in [5.74, 6) is 3.50. The van der Waals surface area contributed by atoms with Crippen molar-refractivity contribution in [2.45, 2.75) is 6.92 Å². The zero-order valence-electron chi connectivity index (χ0n) is 14.4. The van der Waals surface area contributed by atoms with E-state index in [1.807, 2.05) is 61.5 Å². The minimum Gasteiger partial charge on any atom is -0.495 e. The number of ether oxygens (including phenoxy) is 2. The quantitative estimate of drug-likeness (QED) is 0.700. The topological polar surface area (TPSA) is 68.3 Å². The first kappa shape index (κ1) is 16.6. The molecule has 0 unspecified atom stereocenters. The summed E-state index contributed by atoms with van der Waals surface area (Å²) in [5.41, 5.74) is 1.68. The Bertz CT molecular complexity index is 800. The third-order valence-corrected chi connectivity index (χ3v) is 3.58. The predicted octanol–water partition coefficient (Wildman–Crippen LogP) is 4.29. The van der Waals surface area contributed by atoms with Crippen molar-refractivity contribution >= 4 is 23.0 Å². The summed E-state index contributed by atoms with van der Waals surface area (Å²) < 4.78 is 10.7. The van der Waals surface area contributed by atoms with Crippen LogP contribution in [0.5, 0.6) is 11.5 Å². The lowest BCUT2D eigenvalue weighted by atomic mass is 10.3. The van der Waals surface area contributed by atoms with E-state index in [0.29, 0.717) is 17.5 Å². The SMILES string of the molecule is COc1ccccc1Nc1cc(Nc2ccccc2OC)nc(C)n1. The van der Waals surface area contributed by atoms with Gasteiger partial charge in [0.1, 0.15) is 29.0 Å². The molecular formula is C19H20N4O2. The number of anilines is 4. The van der Waals surface area contributed by atoms with Gasteiger partial charge in [0.25, 0.3) is 0 Å². The number of para-hydroxylation sites is 4. The van der Waals surface area contributed by atoms with Crippen molar-refractivity contribution in [3.05, 3.63) is 60.4 Å². The summed E-state index contributed by atoms with van der Waals surface area (Å²) in [7, 11) is 3.28. The molecule has 0 spiro atoms. The predicted molar refractivity (Wildman–Crippen MR) is 99.3 cm³/mol. The Kier molecular flexibility index (Phi) is 4.99. The molecule has 0 amide bonds. The third kappa shape index (κ3) is 3.98. The Morgan fingerprint density at radius 3 is 1.60 bits per heavy atom. The van der Waals surface area contributed by atoms with Gasteiger partial charge in [-0.25, -0.2) is 9.97 Å². The van der Waals surface area contributed by atoms with Crippen LogP contribution in [0, 0.1) is 6.92 Å². The van der Waals surface area contributed by atoms with Crippen LogP contribution in [0.3, 0.4) is 0 Å². The van der Waals surface area contributed by atoms with Crippen molar-refractivity contribution in [2.75, 3.05) is 24.9 Å². The summed E-state index contributed by atoms with van der Waals surface area (Å²) in [6, 6.07) is 17.2. The van der Waals surface area contributed by atoms with Gasteiger partial charge in [0.2, 0.25) is 0 Å². The van der Waals surface area contributed by atoms with Gasteiger partial charge >= 0.3 is 0 Å². The average molecular weight is 336 g/mol. The fraction of sp³-hybridized carbons (Fsp3) is 0.158. The minimum absolute atomic E-state index is 0.650. The lowest BCUT2D eigenvalue weighted by molar-refractivity contribution is 0.417. The van der Waals surface area contributed by atoms with Crippen LogP contribution in [-0.2, 0) is 0 Å². The highest BCUT2D eigenvalue weighted by molar-refractivity contribution is 5.69. The molecule has 128 valence electrons. The van der Waals surface area contributed by atoms with E-state index in [9.17, 15) is 0 Å². The fourth-order valence-electron chi connectivity index (χ4n) is 2.47. The Morgan fingerprint density at radius 1 is 0.720 bits per heavy atom. The molecule has 0 atom stereocenters. The smallest absolute Gasteiger partial charge is 0.142 e. The van der Waals surface area contributed by atoms with Crippen LogP contribution >= 0.6 is 0 Å². The van der Waals surface area contributed by atoms with E-state index in [0.717, 1.165) is 22.9 Å². The van der Waals surface area contributed by atoms with Gasteiger partial charge in [-0.2, -0.15) is 0 Å². The summed E-state index contributed by atoms with van der Waals surface area (Å²) in [4.78, 5) is 8.88. The molecule has 1 aromatic heterocycles. The molecule has 2 N–H and O–H groups in total. The first-order valence-corrected chi connectivity index (χ1v) is 7.85. The Labute approximate surface area is 146 Å². The molecule has 1 heterocycles. The van der Waals surface area contributed by atoms with E-state index in [-0.39, 0.29) is 0 Å². The Hall–Kier alpha value is -3.28. The van der Waals surface area contributed by atoms with Crippen LogP contribution in [0.2, 0.25) is 0 Å². The minimum atomic E-state index is 0.650. The first-order valence-electron chi connectivity index (χ1n) is 7.85. The monoisotopic (exact) mass is 336 g/mol. The van der Waals surface area contributed by atoms with Crippen LogP contribution in [0.1, 0.15) is 5.82 Å². The van der Waals surface area contributed by atoms with E-state index in [1.54, 1.807) is 14.2 Å². The van der Waals surface area contributed by atoms with Crippen LogP contribution < -0.4 is 20.1 Å². The number of hydrogen-bond donors (Lipinski definition) is 2. The van der Waals surface area contributed by atoms with Crippen molar-refractivity contribution in [3.63, 3.8) is 0 Å². The highest BCUT2D eigenvalue weighted by Gasteiger charge is 2.08. The third-order valence-electron chi connectivity index (χ3n) is 3.58. The molecule has 0 aliphatic rings. The van der Waals surface area contributed by atoms with Crippen molar-refractivity contribution < 1.29 is 9.47 Å². The summed E-state index contributed by atoms with van der Waals surface area (Å²) in [5, 5.41) is 6.54. The summed E-state index contributed by atoms with van der Waals surface area (Å²) in [6.07, 6.45) is 0. The zero-order valence-corrected chi connectivity index (χ0v) is 14.4. The molecule has 6 nitrogen and oxygen atoms in total. The number of nitrogens with zero attached hydrogens (tertiary/aromatic N) is 2. The van der Waals surface area contributed by atoms with E-state index in [1.165, 1.54) is 0 Å². The van der Waals surface area contributed by atoms with Crippen LogP contribution in [-0.4, -0.2) is 24.2 Å². The number of rotatable bonds is 6. The van der Waals surface area contributed by atoms with Crippen molar-refractivity contribution in [1.29, 1.82) is 0 Å². The Morgan fingerprint density at radius 2 is 1.16 bits per heavy atom. The van der Waals surface area contributed by atoms with Crippen LogP contribution in [0.15, 0.2) is 54.6 Å². The average Bonchev–Trinajstić information content (AvgIpc) is 2.62. The van der Waals surface area contributed by atoms with Gasteiger partial charge in [0.05, 0.1) is 25.6 Å². The molecule has 3 aromatic rings. The van der Waals surface area contributed by atoms with Gasteiger partial charge in [-0.3, -0.25) is 0 Å². The normalized spacial score (nSPS) is 10.2. The number of benzene rings is 2. The van der Waals surface area contributed by atoms with E-state index in [4.69, 9.17) is 9.47 Å². The maximum absolute atomic E-state index is 5.37. The van der Waals surface area contributed by atoms with Crippen LogP contribution in [0.25, 0.3) is 0 Å². The number of aryl methyl sites for hydroxylation is 1. The van der Waals surface area contributed by atoms with E-state index in [2.05, 4.69) is 20.6 Å². The van der Waals surface area contributed by atoms with Gasteiger partial charge < -0.3 is 20.1 Å². The largest absolute Gasteiger partial charge is 0.495 e. The molecule has 3 rings (SSSR count). The maximum Gasteiger partial charge on any atom is 0.142 e. The maximum atomic E-state index is 5.37. The second-order valence-corrected chi connectivity index (χ2v) is 5.34. The zero-order chi connectivity index (χ0) is 17.6. The van der Waals surface area contributed by atoms with Gasteiger partial charge in [0, 0.05) is 6.07 Å². The van der Waals surface area contributed by atoms with E-state index >= 15 is 0 Å². The molecule has 2 aromatic carbocycles. The lowest BCUT2D eigenvalue weighted by Crippen LogP contribution is -2.03. The summed E-state index contributed by atoms with van der Waals surface area (Å²) in [6.45, 7) is 1.85.